The fourth-order valence-electron chi connectivity index (χ4n) is 3.43. The van der Waals surface area contributed by atoms with Crippen LogP contribution < -0.4 is 10.1 Å². The van der Waals surface area contributed by atoms with Crippen molar-refractivity contribution in [2.45, 2.75) is 45.4 Å². The van der Waals surface area contributed by atoms with Gasteiger partial charge in [-0.1, -0.05) is 22.4 Å². The molecule has 0 saturated heterocycles. The highest BCUT2D eigenvalue weighted by atomic mass is 79.9. The highest BCUT2D eigenvalue weighted by molar-refractivity contribution is 9.10. The Kier molecular flexibility index (Phi) is 4.26. The van der Waals surface area contributed by atoms with E-state index >= 15 is 0 Å². The number of likely N-dealkylation sites (N-methyl/N-ethyl adjacent to an activating group) is 1. The second kappa shape index (κ2) is 5.45. The second-order valence-corrected chi connectivity index (χ2v) is 6.55. The minimum atomic E-state index is 0.255. The number of ether oxygens (including phenoxy) is 1. The molecular weight excluding hydrogens is 302 g/mol. The fraction of sp³-hybridized carbons (Fsp3) is 0.625. The van der Waals surface area contributed by atoms with Gasteiger partial charge in [0.15, 0.2) is 0 Å². The Morgan fingerprint density at radius 1 is 1.16 bits per heavy atom. The van der Waals surface area contributed by atoms with E-state index in [1.54, 1.807) is 7.11 Å². The van der Waals surface area contributed by atoms with Crippen molar-refractivity contribution in [2.24, 2.45) is 0 Å². The molecule has 0 amide bonds. The molecule has 0 bridgehead atoms. The Bertz CT molecular complexity index is 492. The quantitative estimate of drug-likeness (QED) is 0.902. The normalized spacial score (nSPS) is 17.2. The lowest BCUT2D eigenvalue weighted by Gasteiger charge is -2.44. The molecule has 0 aliphatic heterocycles. The first-order valence-electron chi connectivity index (χ1n) is 6.97. The number of benzene rings is 1. The molecule has 2 rings (SSSR count). The molecule has 0 radical (unpaired) electrons. The lowest BCUT2D eigenvalue weighted by molar-refractivity contribution is 0.229. The summed E-state index contributed by atoms with van der Waals surface area (Å²) in [6.45, 7) is 7.56. The lowest BCUT2D eigenvalue weighted by atomic mass is 9.62. The van der Waals surface area contributed by atoms with Crippen molar-refractivity contribution < 1.29 is 4.74 Å². The Hall–Kier alpha value is -0.540. The zero-order chi connectivity index (χ0) is 14.2. The fourth-order valence-corrected chi connectivity index (χ4v) is 3.93. The summed E-state index contributed by atoms with van der Waals surface area (Å²) in [6, 6.07) is 0. The Balaban J connectivity index is 2.68. The number of nitrogens with one attached hydrogen (secondary N) is 1. The molecule has 0 aromatic heterocycles. The smallest absolute Gasteiger partial charge is 0.126 e. The number of rotatable bonds is 4. The van der Waals surface area contributed by atoms with Crippen LogP contribution in [-0.4, -0.2) is 20.7 Å². The maximum atomic E-state index is 5.77. The molecule has 0 heterocycles. The first kappa shape index (κ1) is 14.9. The van der Waals surface area contributed by atoms with Gasteiger partial charge in [0.05, 0.1) is 7.11 Å². The van der Waals surface area contributed by atoms with Crippen molar-refractivity contribution in [3.8, 4) is 5.75 Å². The molecule has 1 N–H and O–H groups in total. The minimum Gasteiger partial charge on any atom is -0.496 e. The van der Waals surface area contributed by atoms with Crippen molar-refractivity contribution in [2.75, 3.05) is 20.7 Å². The summed E-state index contributed by atoms with van der Waals surface area (Å²) >= 11 is 3.77. The van der Waals surface area contributed by atoms with E-state index < -0.39 is 0 Å². The number of hydrogen-bond donors (Lipinski definition) is 1. The molecule has 3 heteroatoms. The molecule has 106 valence electrons. The second-order valence-electron chi connectivity index (χ2n) is 5.76. The van der Waals surface area contributed by atoms with E-state index in [1.807, 2.05) is 7.05 Å². The molecule has 1 aliphatic rings. The van der Waals surface area contributed by atoms with Crippen molar-refractivity contribution in [1.29, 1.82) is 0 Å². The molecule has 1 aromatic rings. The van der Waals surface area contributed by atoms with E-state index in [4.69, 9.17) is 4.74 Å². The molecule has 1 saturated carbocycles. The first-order chi connectivity index (χ1) is 8.98. The third kappa shape index (κ3) is 2.21. The molecule has 1 aromatic carbocycles. The molecule has 1 fully saturated rings. The van der Waals surface area contributed by atoms with E-state index in [1.165, 1.54) is 46.0 Å². The molecule has 0 unspecified atom stereocenters. The SMILES string of the molecule is CNCC1(c2c(C)c(Br)c(C)c(C)c2OC)CCC1. The molecule has 0 spiro atoms. The van der Waals surface area contributed by atoms with Gasteiger partial charge in [0.1, 0.15) is 5.75 Å². The summed E-state index contributed by atoms with van der Waals surface area (Å²) in [5.74, 6) is 1.09. The summed E-state index contributed by atoms with van der Waals surface area (Å²) in [5, 5.41) is 3.37. The first-order valence-corrected chi connectivity index (χ1v) is 7.76. The molecule has 1 aliphatic carbocycles. The predicted octanol–water partition coefficient (Wildman–Crippen LogP) is 4.02. The maximum Gasteiger partial charge on any atom is 0.126 e. The summed E-state index contributed by atoms with van der Waals surface area (Å²) in [5.41, 5.74) is 5.56. The standard InChI is InChI=1S/C16H24BrNO/c1-10-11(2)15(19-5)13(12(3)14(10)17)16(9-18-4)7-6-8-16/h18H,6-9H2,1-5H3. The zero-order valence-corrected chi connectivity index (χ0v) is 14.2. The van der Waals surface area contributed by atoms with Crippen molar-refractivity contribution in [3.63, 3.8) is 0 Å². The monoisotopic (exact) mass is 325 g/mol. The largest absolute Gasteiger partial charge is 0.496 e. The Labute approximate surface area is 125 Å². The summed E-state index contributed by atoms with van der Waals surface area (Å²) in [7, 11) is 3.84. The van der Waals surface area contributed by atoms with Crippen molar-refractivity contribution in [1.82, 2.24) is 5.32 Å². The van der Waals surface area contributed by atoms with Crippen LogP contribution in [0.1, 0.15) is 41.5 Å². The zero-order valence-electron chi connectivity index (χ0n) is 12.6. The van der Waals surface area contributed by atoms with Gasteiger partial charge in [-0.05, 0) is 57.4 Å². The summed E-state index contributed by atoms with van der Waals surface area (Å²) < 4.78 is 7.01. The third-order valence-electron chi connectivity index (χ3n) is 4.72. The molecule has 2 nitrogen and oxygen atoms in total. The van der Waals surface area contributed by atoms with Crippen LogP contribution in [0, 0.1) is 20.8 Å². The van der Waals surface area contributed by atoms with Crippen LogP contribution in [0.15, 0.2) is 4.47 Å². The summed E-state index contributed by atoms with van der Waals surface area (Å²) in [4.78, 5) is 0. The molecule has 0 atom stereocenters. The van der Waals surface area contributed by atoms with Crippen LogP contribution in [0.25, 0.3) is 0 Å². The highest BCUT2D eigenvalue weighted by Gasteiger charge is 2.42. The average molecular weight is 326 g/mol. The summed E-state index contributed by atoms with van der Waals surface area (Å²) in [6.07, 6.45) is 3.81. The van der Waals surface area contributed by atoms with E-state index in [0.29, 0.717) is 0 Å². The predicted molar refractivity (Wildman–Crippen MR) is 84.4 cm³/mol. The van der Waals surface area contributed by atoms with E-state index in [9.17, 15) is 0 Å². The van der Waals surface area contributed by atoms with Gasteiger partial charge in [0.25, 0.3) is 0 Å². The third-order valence-corrected chi connectivity index (χ3v) is 5.91. The topological polar surface area (TPSA) is 21.3 Å². The van der Waals surface area contributed by atoms with Gasteiger partial charge in [-0.15, -0.1) is 0 Å². The van der Waals surface area contributed by atoms with Crippen LogP contribution >= 0.6 is 15.9 Å². The van der Waals surface area contributed by atoms with Gasteiger partial charge in [-0.3, -0.25) is 0 Å². The van der Waals surface area contributed by atoms with Gasteiger partial charge in [-0.25, -0.2) is 0 Å². The van der Waals surface area contributed by atoms with Gasteiger partial charge >= 0.3 is 0 Å². The van der Waals surface area contributed by atoms with Crippen LogP contribution in [0.2, 0.25) is 0 Å². The van der Waals surface area contributed by atoms with Gasteiger partial charge in [-0.2, -0.15) is 0 Å². The van der Waals surface area contributed by atoms with E-state index in [0.717, 1.165) is 12.3 Å². The van der Waals surface area contributed by atoms with E-state index in [2.05, 4.69) is 42.0 Å². The van der Waals surface area contributed by atoms with Crippen molar-refractivity contribution >= 4 is 15.9 Å². The lowest BCUT2D eigenvalue weighted by Crippen LogP contribution is -2.43. The number of hydrogen-bond acceptors (Lipinski definition) is 2. The van der Waals surface area contributed by atoms with Gasteiger partial charge < -0.3 is 10.1 Å². The average Bonchev–Trinajstić information content (AvgIpc) is 2.36. The van der Waals surface area contributed by atoms with Crippen LogP contribution in [0.3, 0.4) is 0 Å². The van der Waals surface area contributed by atoms with Crippen LogP contribution in [0.5, 0.6) is 5.75 Å². The molecular formula is C16H24BrNO. The van der Waals surface area contributed by atoms with Crippen LogP contribution in [0.4, 0.5) is 0 Å². The van der Waals surface area contributed by atoms with Gasteiger partial charge in [0, 0.05) is 22.0 Å². The molecule has 19 heavy (non-hydrogen) atoms. The van der Waals surface area contributed by atoms with Gasteiger partial charge in [0.2, 0.25) is 0 Å². The van der Waals surface area contributed by atoms with E-state index in [-0.39, 0.29) is 5.41 Å². The minimum absolute atomic E-state index is 0.255. The number of methoxy groups -OCH3 is 1. The van der Waals surface area contributed by atoms with Crippen LogP contribution in [-0.2, 0) is 5.41 Å². The Morgan fingerprint density at radius 2 is 1.79 bits per heavy atom. The Morgan fingerprint density at radius 3 is 2.21 bits per heavy atom. The van der Waals surface area contributed by atoms with Crippen molar-refractivity contribution in [3.05, 3.63) is 26.7 Å². The number of halogens is 1. The maximum absolute atomic E-state index is 5.77. The highest BCUT2D eigenvalue weighted by Crippen LogP contribution is 2.51.